The second kappa shape index (κ2) is 10.4. The van der Waals surface area contributed by atoms with Crippen LogP contribution in [0.3, 0.4) is 0 Å². The fraction of sp³-hybridized carbons (Fsp3) is 0.462. The van der Waals surface area contributed by atoms with E-state index in [0.717, 1.165) is 42.9 Å². The van der Waals surface area contributed by atoms with Crippen molar-refractivity contribution in [2.45, 2.75) is 56.5 Å². The van der Waals surface area contributed by atoms with Gasteiger partial charge in [0.1, 0.15) is 11.6 Å². The molecule has 3 aromatic rings. The molecule has 0 bridgehead atoms. The van der Waals surface area contributed by atoms with Gasteiger partial charge in [-0.05, 0) is 62.1 Å². The number of benzene rings is 2. The first-order chi connectivity index (χ1) is 16.7. The van der Waals surface area contributed by atoms with Crippen molar-refractivity contribution in [3.8, 4) is 5.75 Å². The Balaban J connectivity index is 1.48. The number of sulfonamides is 1. The van der Waals surface area contributed by atoms with Crippen LogP contribution in [0.1, 0.15) is 37.6 Å². The zero-order valence-electron chi connectivity index (χ0n) is 20.9. The summed E-state index contributed by atoms with van der Waals surface area (Å²) < 4.78 is 33.7. The molecule has 188 valence electrons. The highest BCUT2D eigenvalue weighted by Gasteiger charge is 2.29. The zero-order valence-corrected chi connectivity index (χ0v) is 21.7. The first-order valence-electron chi connectivity index (χ1n) is 12.1. The summed E-state index contributed by atoms with van der Waals surface area (Å²) in [6.45, 7) is 3.51. The highest BCUT2D eigenvalue weighted by molar-refractivity contribution is 7.89. The topological polar surface area (TPSA) is 84.7 Å². The fourth-order valence-electron chi connectivity index (χ4n) is 4.88. The molecule has 1 aromatic heterocycles. The first-order valence-corrected chi connectivity index (χ1v) is 13.5. The Morgan fingerprint density at radius 3 is 2.71 bits per heavy atom. The molecule has 1 saturated heterocycles. The zero-order chi connectivity index (χ0) is 25.2. The Bertz CT molecular complexity index is 1320. The lowest BCUT2D eigenvalue weighted by atomic mass is 10.0. The Kier molecular flexibility index (Phi) is 7.47. The van der Waals surface area contributed by atoms with Gasteiger partial charge in [-0.3, -0.25) is 4.79 Å². The van der Waals surface area contributed by atoms with Gasteiger partial charge in [-0.25, -0.2) is 17.7 Å². The number of carbonyl (C=O) groups excluding carboxylic acids is 1. The van der Waals surface area contributed by atoms with Gasteiger partial charge in [-0.1, -0.05) is 12.1 Å². The Hall–Kier alpha value is -2.91. The van der Waals surface area contributed by atoms with Crippen LogP contribution >= 0.6 is 0 Å². The van der Waals surface area contributed by atoms with E-state index in [9.17, 15) is 13.2 Å². The monoisotopic (exact) mass is 498 g/mol. The molecule has 9 heteroatoms. The van der Waals surface area contributed by atoms with Gasteiger partial charge in [0, 0.05) is 46.1 Å². The SMILES string of the molecule is CCn1c(CCC(=O)N2CCCC2Cc2cccc(OC)c2)nc2cc(S(=O)(=O)N(C)C)ccc21. The molecule has 1 amide bonds. The molecule has 0 saturated carbocycles. The summed E-state index contributed by atoms with van der Waals surface area (Å²) in [7, 11) is 1.16. The lowest BCUT2D eigenvalue weighted by Crippen LogP contribution is -2.37. The summed E-state index contributed by atoms with van der Waals surface area (Å²) in [4.78, 5) is 20.1. The smallest absolute Gasteiger partial charge is 0.242 e. The van der Waals surface area contributed by atoms with E-state index in [1.807, 2.05) is 30.0 Å². The van der Waals surface area contributed by atoms with Gasteiger partial charge in [0.25, 0.3) is 0 Å². The van der Waals surface area contributed by atoms with Crippen LogP contribution < -0.4 is 4.74 Å². The van der Waals surface area contributed by atoms with Crippen LogP contribution in [0.25, 0.3) is 11.0 Å². The molecule has 0 N–H and O–H groups in total. The minimum Gasteiger partial charge on any atom is -0.497 e. The molecular formula is C26H34N4O4S. The highest BCUT2D eigenvalue weighted by Crippen LogP contribution is 2.26. The summed E-state index contributed by atoms with van der Waals surface area (Å²) in [6.07, 6.45) is 3.72. The average Bonchev–Trinajstić information content (AvgIpc) is 3.45. The van der Waals surface area contributed by atoms with E-state index >= 15 is 0 Å². The number of aromatic nitrogens is 2. The van der Waals surface area contributed by atoms with Crippen molar-refractivity contribution in [2.24, 2.45) is 0 Å². The van der Waals surface area contributed by atoms with Crippen molar-refractivity contribution in [1.82, 2.24) is 18.8 Å². The third kappa shape index (κ3) is 5.21. The van der Waals surface area contributed by atoms with E-state index in [-0.39, 0.29) is 16.8 Å². The number of rotatable bonds is 9. The summed E-state index contributed by atoms with van der Waals surface area (Å²) in [6, 6.07) is 13.3. The number of amides is 1. The second-order valence-corrected chi connectivity index (χ2v) is 11.3. The molecule has 8 nitrogen and oxygen atoms in total. The largest absolute Gasteiger partial charge is 0.497 e. The molecule has 4 rings (SSSR count). The standard InChI is InChI=1S/C26H34N4O4S/c1-5-29-24-12-11-22(35(32,33)28(2)3)18-23(24)27-25(29)13-14-26(31)30-15-7-9-20(30)16-19-8-6-10-21(17-19)34-4/h6,8,10-12,17-18,20H,5,7,9,13-16H2,1-4H3. The lowest BCUT2D eigenvalue weighted by molar-refractivity contribution is -0.132. The third-order valence-corrected chi connectivity index (χ3v) is 8.57. The molecule has 2 aromatic carbocycles. The number of imidazole rings is 1. The fourth-order valence-corrected chi connectivity index (χ4v) is 5.81. The maximum absolute atomic E-state index is 13.2. The summed E-state index contributed by atoms with van der Waals surface area (Å²) in [5, 5.41) is 0. The molecular weight excluding hydrogens is 464 g/mol. The van der Waals surface area contributed by atoms with Crippen molar-refractivity contribution in [1.29, 1.82) is 0 Å². The van der Waals surface area contributed by atoms with Gasteiger partial charge in [-0.2, -0.15) is 0 Å². The van der Waals surface area contributed by atoms with Gasteiger partial charge in [0.05, 0.1) is 23.0 Å². The number of carbonyl (C=O) groups is 1. The predicted octanol–water partition coefficient (Wildman–Crippen LogP) is 3.48. The molecule has 35 heavy (non-hydrogen) atoms. The minimum atomic E-state index is -3.54. The summed E-state index contributed by atoms with van der Waals surface area (Å²) >= 11 is 0. The van der Waals surface area contributed by atoms with Crippen molar-refractivity contribution in [3.63, 3.8) is 0 Å². The Morgan fingerprint density at radius 2 is 2.00 bits per heavy atom. The molecule has 1 aliphatic rings. The number of nitrogens with zero attached hydrogens (tertiary/aromatic N) is 4. The van der Waals surface area contributed by atoms with Crippen molar-refractivity contribution in [2.75, 3.05) is 27.7 Å². The van der Waals surface area contributed by atoms with E-state index in [4.69, 9.17) is 9.72 Å². The number of hydrogen-bond acceptors (Lipinski definition) is 5. The van der Waals surface area contributed by atoms with Crippen LogP contribution in [-0.4, -0.2) is 66.9 Å². The van der Waals surface area contributed by atoms with Crippen LogP contribution in [0.2, 0.25) is 0 Å². The molecule has 2 heterocycles. The van der Waals surface area contributed by atoms with Gasteiger partial charge in [0.15, 0.2) is 0 Å². The molecule has 1 unspecified atom stereocenters. The highest BCUT2D eigenvalue weighted by atomic mass is 32.2. The minimum absolute atomic E-state index is 0.140. The summed E-state index contributed by atoms with van der Waals surface area (Å²) in [5.74, 6) is 1.78. The molecule has 0 radical (unpaired) electrons. The quantitative estimate of drug-likeness (QED) is 0.451. The number of likely N-dealkylation sites (tertiary alicyclic amines) is 1. The Labute approximate surface area is 207 Å². The van der Waals surface area contributed by atoms with Gasteiger partial charge < -0.3 is 14.2 Å². The van der Waals surface area contributed by atoms with Crippen molar-refractivity contribution in [3.05, 3.63) is 53.9 Å². The van der Waals surface area contributed by atoms with Crippen molar-refractivity contribution < 1.29 is 17.9 Å². The van der Waals surface area contributed by atoms with Gasteiger partial charge in [-0.15, -0.1) is 0 Å². The number of fused-ring (bicyclic) bond motifs is 1. The second-order valence-electron chi connectivity index (χ2n) is 9.15. The van der Waals surface area contributed by atoms with Crippen LogP contribution in [0.15, 0.2) is 47.4 Å². The van der Waals surface area contributed by atoms with Crippen LogP contribution in [0.4, 0.5) is 0 Å². The molecule has 0 spiro atoms. The number of ether oxygens (including phenoxy) is 1. The lowest BCUT2D eigenvalue weighted by Gasteiger charge is -2.25. The maximum atomic E-state index is 13.2. The summed E-state index contributed by atoms with van der Waals surface area (Å²) in [5.41, 5.74) is 2.68. The van der Waals surface area contributed by atoms with Crippen LogP contribution in [0.5, 0.6) is 5.75 Å². The number of hydrogen-bond donors (Lipinski definition) is 0. The molecule has 1 fully saturated rings. The van der Waals surface area contributed by atoms with Crippen LogP contribution in [0, 0.1) is 0 Å². The molecule has 1 aliphatic heterocycles. The molecule has 1 atom stereocenters. The predicted molar refractivity (Wildman–Crippen MR) is 136 cm³/mol. The number of methoxy groups -OCH3 is 1. The maximum Gasteiger partial charge on any atom is 0.242 e. The third-order valence-electron chi connectivity index (χ3n) is 6.76. The van der Waals surface area contributed by atoms with E-state index < -0.39 is 10.0 Å². The van der Waals surface area contributed by atoms with E-state index in [0.29, 0.717) is 24.9 Å². The number of aryl methyl sites for hydroxylation is 2. The van der Waals surface area contributed by atoms with Crippen molar-refractivity contribution >= 4 is 27.0 Å². The van der Waals surface area contributed by atoms with E-state index in [2.05, 4.69) is 10.6 Å². The van der Waals surface area contributed by atoms with E-state index in [1.165, 1.54) is 24.0 Å². The van der Waals surface area contributed by atoms with Gasteiger partial charge >= 0.3 is 0 Å². The van der Waals surface area contributed by atoms with Crippen LogP contribution in [-0.2, 0) is 34.2 Å². The first kappa shape index (κ1) is 25.2. The average molecular weight is 499 g/mol. The van der Waals surface area contributed by atoms with Gasteiger partial charge in [0.2, 0.25) is 15.9 Å². The Morgan fingerprint density at radius 1 is 1.20 bits per heavy atom. The molecule has 0 aliphatic carbocycles. The normalized spacial score (nSPS) is 16.4. The van der Waals surface area contributed by atoms with E-state index in [1.54, 1.807) is 25.3 Å².